The third-order valence-electron chi connectivity index (χ3n) is 5.57. The molecule has 1 N–H and O–H groups in total. The van der Waals surface area contributed by atoms with Crippen LogP contribution in [0.3, 0.4) is 0 Å². The molecule has 6 heteroatoms. The lowest BCUT2D eigenvalue weighted by atomic mass is 10.0. The van der Waals surface area contributed by atoms with E-state index in [0.29, 0.717) is 0 Å². The Morgan fingerprint density at radius 1 is 1.22 bits per heavy atom. The largest absolute Gasteiger partial charge is 0.379 e. The van der Waals surface area contributed by atoms with E-state index in [9.17, 15) is 0 Å². The van der Waals surface area contributed by atoms with Crippen LogP contribution in [0.5, 0.6) is 0 Å². The quantitative estimate of drug-likeness (QED) is 0.459. The maximum Gasteiger partial charge on any atom is 0.193 e. The summed E-state index contributed by atoms with van der Waals surface area (Å²) in [6, 6.07) is 10.7. The molecule has 0 aromatic heterocycles. The molecule has 2 heterocycles. The van der Waals surface area contributed by atoms with Gasteiger partial charge in [0.15, 0.2) is 5.96 Å². The Bertz CT molecular complexity index is 601. The molecule has 0 bridgehead atoms. The Kier molecular flexibility index (Phi) is 7.44. The van der Waals surface area contributed by atoms with Crippen molar-refractivity contribution < 1.29 is 4.74 Å². The average molecular weight is 391 g/mol. The van der Waals surface area contributed by atoms with Crippen LogP contribution in [0.25, 0.3) is 0 Å². The van der Waals surface area contributed by atoms with E-state index in [4.69, 9.17) is 4.74 Å². The highest BCUT2D eigenvalue weighted by atomic mass is 32.2. The number of morpholine rings is 1. The first kappa shape index (κ1) is 20.5. The molecule has 2 aliphatic rings. The maximum absolute atomic E-state index is 5.49. The molecular weight excluding hydrogens is 356 g/mol. The van der Waals surface area contributed by atoms with Crippen LogP contribution in [0.4, 0.5) is 0 Å². The van der Waals surface area contributed by atoms with Gasteiger partial charge in [-0.25, -0.2) is 0 Å². The van der Waals surface area contributed by atoms with Crippen molar-refractivity contribution >= 4 is 17.7 Å². The van der Waals surface area contributed by atoms with Crippen molar-refractivity contribution in [3.63, 3.8) is 0 Å². The van der Waals surface area contributed by atoms with Crippen LogP contribution in [-0.4, -0.2) is 80.0 Å². The molecular formula is C21H34N4OS. The summed E-state index contributed by atoms with van der Waals surface area (Å²) in [6.07, 6.45) is 1.24. The highest BCUT2D eigenvalue weighted by Crippen LogP contribution is 2.26. The molecule has 1 atom stereocenters. The second-order valence-corrected chi connectivity index (χ2v) is 9.13. The summed E-state index contributed by atoms with van der Waals surface area (Å²) < 4.78 is 5.49. The van der Waals surface area contributed by atoms with Crippen LogP contribution < -0.4 is 5.32 Å². The van der Waals surface area contributed by atoms with E-state index in [1.165, 1.54) is 17.1 Å². The van der Waals surface area contributed by atoms with E-state index in [1.54, 1.807) is 0 Å². The number of aliphatic imine (C=N–C) groups is 1. The van der Waals surface area contributed by atoms with Crippen LogP contribution in [0.1, 0.15) is 20.3 Å². The number of likely N-dealkylation sites (tertiary alicyclic amines) is 1. The molecule has 1 unspecified atom stereocenters. The van der Waals surface area contributed by atoms with Crippen molar-refractivity contribution in [2.75, 3.05) is 58.7 Å². The molecule has 0 aliphatic carbocycles. The SMILES string of the molecule is CN=C(NCC(C)(C)N1CCOCC1)N1CCC(CSc2ccccc2)C1. The fourth-order valence-electron chi connectivity index (χ4n) is 3.80. The van der Waals surface area contributed by atoms with E-state index in [2.05, 4.69) is 64.3 Å². The van der Waals surface area contributed by atoms with E-state index < -0.39 is 0 Å². The van der Waals surface area contributed by atoms with E-state index in [1.807, 2.05) is 18.8 Å². The summed E-state index contributed by atoms with van der Waals surface area (Å²) in [5.74, 6) is 2.95. The first-order chi connectivity index (χ1) is 13.1. The van der Waals surface area contributed by atoms with Gasteiger partial charge < -0.3 is 15.0 Å². The summed E-state index contributed by atoms with van der Waals surface area (Å²) >= 11 is 1.97. The third kappa shape index (κ3) is 5.87. The molecule has 2 fully saturated rings. The number of thioether (sulfide) groups is 1. The van der Waals surface area contributed by atoms with E-state index in [-0.39, 0.29) is 5.54 Å². The van der Waals surface area contributed by atoms with Gasteiger partial charge in [0, 0.05) is 56.0 Å². The van der Waals surface area contributed by atoms with Gasteiger partial charge in [0.2, 0.25) is 0 Å². The molecule has 0 radical (unpaired) electrons. The number of hydrogen-bond donors (Lipinski definition) is 1. The zero-order valence-electron chi connectivity index (χ0n) is 17.0. The standard InChI is InChI=1S/C21H34N4OS/c1-21(2,25-11-13-26-14-12-25)17-23-20(22-3)24-10-9-18(15-24)16-27-19-7-5-4-6-8-19/h4-8,18H,9-17H2,1-3H3,(H,22,23). The topological polar surface area (TPSA) is 40.1 Å². The maximum atomic E-state index is 5.49. The van der Waals surface area contributed by atoms with Crippen LogP contribution in [0.15, 0.2) is 40.2 Å². The number of ether oxygens (including phenoxy) is 1. The number of guanidine groups is 1. The van der Waals surface area contributed by atoms with Crippen molar-refractivity contribution in [3.05, 3.63) is 30.3 Å². The summed E-state index contributed by atoms with van der Waals surface area (Å²) in [5.41, 5.74) is 0.0992. The van der Waals surface area contributed by atoms with Gasteiger partial charge in [-0.05, 0) is 38.3 Å². The van der Waals surface area contributed by atoms with Crippen LogP contribution in [0.2, 0.25) is 0 Å². The lowest BCUT2D eigenvalue weighted by Gasteiger charge is -2.41. The molecule has 0 saturated carbocycles. The van der Waals surface area contributed by atoms with Gasteiger partial charge in [-0.2, -0.15) is 0 Å². The summed E-state index contributed by atoms with van der Waals surface area (Å²) in [5, 5.41) is 3.63. The predicted molar refractivity (Wildman–Crippen MR) is 115 cm³/mol. The summed E-state index contributed by atoms with van der Waals surface area (Å²) in [4.78, 5) is 10.9. The number of hydrogen-bond acceptors (Lipinski definition) is 4. The minimum atomic E-state index is 0.0992. The van der Waals surface area contributed by atoms with Crippen LogP contribution in [-0.2, 0) is 4.74 Å². The molecule has 1 aromatic rings. The van der Waals surface area contributed by atoms with Crippen molar-refractivity contribution in [1.82, 2.24) is 15.1 Å². The van der Waals surface area contributed by atoms with Crippen molar-refractivity contribution in [2.24, 2.45) is 10.9 Å². The van der Waals surface area contributed by atoms with Gasteiger partial charge in [-0.1, -0.05) is 18.2 Å². The monoisotopic (exact) mass is 390 g/mol. The predicted octanol–water partition coefficient (Wildman–Crippen LogP) is 2.79. The van der Waals surface area contributed by atoms with E-state index in [0.717, 1.165) is 57.8 Å². The van der Waals surface area contributed by atoms with Gasteiger partial charge in [0.05, 0.1) is 13.2 Å². The normalized spacial score (nSPS) is 22.3. The Labute approximate surface area is 168 Å². The van der Waals surface area contributed by atoms with Crippen molar-refractivity contribution in [1.29, 1.82) is 0 Å². The van der Waals surface area contributed by atoms with Gasteiger partial charge in [-0.3, -0.25) is 9.89 Å². The number of rotatable bonds is 6. The number of benzene rings is 1. The Morgan fingerprint density at radius 3 is 2.67 bits per heavy atom. The molecule has 0 amide bonds. The summed E-state index contributed by atoms with van der Waals surface area (Å²) in [6.45, 7) is 11.4. The minimum absolute atomic E-state index is 0.0992. The molecule has 5 nitrogen and oxygen atoms in total. The van der Waals surface area contributed by atoms with Gasteiger partial charge in [-0.15, -0.1) is 11.8 Å². The third-order valence-corrected chi connectivity index (χ3v) is 6.82. The summed E-state index contributed by atoms with van der Waals surface area (Å²) in [7, 11) is 1.90. The smallest absolute Gasteiger partial charge is 0.193 e. The minimum Gasteiger partial charge on any atom is -0.379 e. The van der Waals surface area contributed by atoms with Gasteiger partial charge >= 0.3 is 0 Å². The molecule has 27 heavy (non-hydrogen) atoms. The Morgan fingerprint density at radius 2 is 1.96 bits per heavy atom. The molecule has 2 aliphatic heterocycles. The Balaban J connectivity index is 1.45. The Hall–Kier alpha value is -1.24. The highest BCUT2D eigenvalue weighted by molar-refractivity contribution is 7.99. The lowest BCUT2D eigenvalue weighted by molar-refractivity contribution is -0.00846. The van der Waals surface area contributed by atoms with E-state index >= 15 is 0 Å². The molecule has 0 spiro atoms. The molecule has 1 aromatic carbocycles. The second kappa shape index (κ2) is 9.80. The van der Waals surface area contributed by atoms with Crippen molar-refractivity contribution in [2.45, 2.75) is 30.7 Å². The first-order valence-electron chi connectivity index (χ1n) is 10.0. The zero-order valence-corrected chi connectivity index (χ0v) is 17.8. The van der Waals surface area contributed by atoms with Gasteiger partial charge in [0.25, 0.3) is 0 Å². The highest BCUT2D eigenvalue weighted by Gasteiger charge is 2.30. The number of nitrogens with zero attached hydrogens (tertiary/aromatic N) is 3. The second-order valence-electron chi connectivity index (χ2n) is 8.04. The number of nitrogens with one attached hydrogen (secondary N) is 1. The molecule has 2 saturated heterocycles. The van der Waals surface area contributed by atoms with Crippen molar-refractivity contribution in [3.8, 4) is 0 Å². The van der Waals surface area contributed by atoms with Crippen LogP contribution in [0, 0.1) is 5.92 Å². The lowest BCUT2D eigenvalue weighted by Crippen LogP contribution is -2.56. The average Bonchev–Trinajstić information content (AvgIpc) is 3.17. The zero-order chi connectivity index (χ0) is 19.1. The fourth-order valence-corrected chi connectivity index (χ4v) is 4.85. The molecule has 150 valence electrons. The van der Waals surface area contributed by atoms with Gasteiger partial charge in [0.1, 0.15) is 0 Å². The fraction of sp³-hybridized carbons (Fsp3) is 0.667. The van der Waals surface area contributed by atoms with Crippen LogP contribution >= 0.6 is 11.8 Å². The molecule has 3 rings (SSSR count). The first-order valence-corrected chi connectivity index (χ1v) is 11.0.